The maximum atomic E-state index is 14.1. The Labute approximate surface area is 189 Å². The van der Waals surface area contributed by atoms with Crippen LogP contribution in [0.3, 0.4) is 0 Å². The third-order valence-corrected chi connectivity index (χ3v) is 6.06. The van der Waals surface area contributed by atoms with Crippen molar-refractivity contribution in [2.24, 2.45) is 0 Å². The fourth-order valence-electron chi connectivity index (χ4n) is 3.44. The Morgan fingerprint density at radius 3 is 2.03 bits per heavy atom. The third-order valence-electron chi connectivity index (χ3n) is 6.06. The molecule has 1 heterocycles. The van der Waals surface area contributed by atoms with Crippen molar-refractivity contribution in [3.63, 3.8) is 0 Å². The molecule has 0 saturated carbocycles. The summed E-state index contributed by atoms with van der Waals surface area (Å²) in [7, 11) is -0.658. The fraction of sp³-hybridized carbons (Fsp3) is 0.308. The van der Waals surface area contributed by atoms with Gasteiger partial charge in [0.25, 0.3) is 0 Å². The Kier molecular flexibility index (Phi) is 6.27. The van der Waals surface area contributed by atoms with Gasteiger partial charge in [-0.3, -0.25) is 0 Å². The quantitative estimate of drug-likeness (QED) is 0.474. The monoisotopic (exact) mass is 434 g/mol. The van der Waals surface area contributed by atoms with Gasteiger partial charge in [0.05, 0.1) is 11.2 Å². The van der Waals surface area contributed by atoms with Crippen LogP contribution in [-0.2, 0) is 22.5 Å². The summed E-state index contributed by atoms with van der Waals surface area (Å²) >= 11 is 0. The molecule has 4 rings (SSSR count). The number of ether oxygens (including phenoxy) is 2. The van der Waals surface area contributed by atoms with Crippen LogP contribution in [0, 0.1) is 5.82 Å². The normalized spacial score (nSPS) is 16.7. The molecule has 1 saturated heterocycles. The van der Waals surface area contributed by atoms with Gasteiger partial charge in [0.15, 0.2) is 0 Å². The molecule has 0 aliphatic carbocycles. The number of hydrogen-bond acceptors (Lipinski definition) is 4. The molecule has 0 spiro atoms. The van der Waals surface area contributed by atoms with Crippen molar-refractivity contribution >= 4 is 12.6 Å². The average Bonchev–Trinajstić information content (AvgIpc) is 2.99. The van der Waals surface area contributed by atoms with Gasteiger partial charge in [-0.15, -0.1) is 0 Å². The van der Waals surface area contributed by atoms with Crippen molar-refractivity contribution in [2.45, 2.75) is 52.1 Å². The molecular weight excluding hydrogens is 406 g/mol. The van der Waals surface area contributed by atoms with Gasteiger partial charge in [-0.05, 0) is 68.6 Å². The van der Waals surface area contributed by atoms with E-state index in [1.807, 2.05) is 82.3 Å². The highest BCUT2D eigenvalue weighted by atomic mass is 19.1. The minimum atomic E-state index is -0.658. The lowest BCUT2D eigenvalue weighted by Crippen LogP contribution is -2.41. The molecule has 1 fully saturated rings. The molecular formula is C26H28BFO4. The average molecular weight is 434 g/mol. The number of benzene rings is 3. The van der Waals surface area contributed by atoms with Crippen molar-refractivity contribution in [3.05, 3.63) is 89.7 Å². The second-order valence-corrected chi connectivity index (χ2v) is 8.97. The zero-order valence-electron chi connectivity index (χ0n) is 18.9. The van der Waals surface area contributed by atoms with Crippen molar-refractivity contribution in [3.8, 4) is 11.5 Å². The minimum absolute atomic E-state index is 0.252. The molecule has 4 nitrogen and oxygen atoms in total. The van der Waals surface area contributed by atoms with Gasteiger partial charge in [0.1, 0.15) is 30.5 Å². The first-order chi connectivity index (χ1) is 15.2. The third kappa shape index (κ3) is 4.97. The van der Waals surface area contributed by atoms with E-state index in [9.17, 15) is 4.39 Å². The number of halogens is 1. The Bertz CT molecular complexity index is 1050. The van der Waals surface area contributed by atoms with E-state index < -0.39 is 18.3 Å². The topological polar surface area (TPSA) is 36.9 Å². The standard InChI is InChI=1S/C26H28BFO4/c1-25(2)26(3,4)32-27(31-25)24-15-21(28)14-13-20(24)18-30-23-12-8-11-22(16-23)29-17-19-9-6-5-7-10-19/h5-16H,17-18H2,1-4H3. The van der Waals surface area contributed by atoms with Gasteiger partial charge in [0, 0.05) is 6.07 Å². The maximum absolute atomic E-state index is 14.1. The highest BCUT2D eigenvalue weighted by molar-refractivity contribution is 6.62. The molecule has 0 amide bonds. The second-order valence-electron chi connectivity index (χ2n) is 8.97. The first kappa shape index (κ1) is 22.4. The highest BCUT2D eigenvalue weighted by Crippen LogP contribution is 2.36. The Hall–Kier alpha value is -2.83. The van der Waals surface area contributed by atoms with E-state index in [4.69, 9.17) is 18.8 Å². The summed E-state index contributed by atoms with van der Waals surface area (Å²) in [5.74, 6) is 1.05. The predicted octanol–water partition coefficient (Wildman–Crippen LogP) is 5.28. The lowest BCUT2D eigenvalue weighted by atomic mass is 9.76. The molecule has 0 atom stereocenters. The molecule has 0 unspecified atom stereocenters. The molecule has 1 aliphatic rings. The van der Waals surface area contributed by atoms with Crippen molar-refractivity contribution in [1.29, 1.82) is 0 Å². The molecule has 166 valence electrons. The maximum Gasteiger partial charge on any atom is 0.495 e. The molecule has 6 heteroatoms. The lowest BCUT2D eigenvalue weighted by molar-refractivity contribution is 0.00578. The predicted molar refractivity (Wildman–Crippen MR) is 124 cm³/mol. The summed E-state index contributed by atoms with van der Waals surface area (Å²) in [5, 5.41) is 0. The second kappa shape index (κ2) is 8.97. The van der Waals surface area contributed by atoms with Crippen molar-refractivity contribution in [1.82, 2.24) is 0 Å². The van der Waals surface area contributed by atoms with Crippen LogP contribution in [0.2, 0.25) is 0 Å². The van der Waals surface area contributed by atoms with Crippen LogP contribution in [0.15, 0.2) is 72.8 Å². The summed E-state index contributed by atoms with van der Waals surface area (Å²) in [6.07, 6.45) is 0. The van der Waals surface area contributed by atoms with E-state index in [1.165, 1.54) is 12.1 Å². The fourth-order valence-corrected chi connectivity index (χ4v) is 3.44. The summed E-state index contributed by atoms with van der Waals surface area (Å²) < 4.78 is 38.2. The Morgan fingerprint density at radius 2 is 1.38 bits per heavy atom. The van der Waals surface area contributed by atoms with Crippen LogP contribution in [0.5, 0.6) is 11.5 Å². The summed E-state index contributed by atoms with van der Waals surface area (Å²) in [5.41, 5.74) is 1.52. The van der Waals surface area contributed by atoms with E-state index in [-0.39, 0.29) is 12.4 Å². The molecule has 0 bridgehead atoms. The molecule has 1 aliphatic heterocycles. The zero-order chi connectivity index (χ0) is 22.8. The SMILES string of the molecule is CC1(C)OB(c2cc(F)ccc2COc2cccc(OCc3ccccc3)c2)OC1(C)C. The first-order valence-electron chi connectivity index (χ1n) is 10.8. The van der Waals surface area contributed by atoms with E-state index >= 15 is 0 Å². The van der Waals surface area contributed by atoms with E-state index in [0.717, 1.165) is 16.9 Å². The highest BCUT2D eigenvalue weighted by Gasteiger charge is 2.52. The van der Waals surface area contributed by atoms with Crippen LogP contribution in [0.1, 0.15) is 38.8 Å². The van der Waals surface area contributed by atoms with Crippen LogP contribution >= 0.6 is 0 Å². The zero-order valence-corrected chi connectivity index (χ0v) is 18.9. The largest absolute Gasteiger partial charge is 0.495 e. The van der Waals surface area contributed by atoms with Gasteiger partial charge in [-0.1, -0.05) is 42.5 Å². The Balaban J connectivity index is 1.45. The molecule has 32 heavy (non-hydrogen) atoms. The van der Waals surface area contributed by atoms with Crippen LogP contribution < -0.4 is 14.9 Å². The van der Waals surface area contributed by atoms with E-state index in [0.29, 0.717) is 17.8 Å². The molecule has 0 N–H and O–H groups in total. The van der Waals surface area contributed by atoms with Crippen molar-refractivity contribution < 1.29 is 23.2 Å². The van der Waals surface area contributed by atoms with E-state index in [1.54, 1.807) is 6.07 Å². The number of hydrogen-bond donors (Lipinski definition) is 0. The van der Waals surface area contributed by atoms with Gasteiger partial charge in [-0.25, -0.2) is 4.39 Å². The van der Waals surface area contributed by atoms with Gasteiger partial charge >= 0.3 is 7.12 Å². The minimum Gasteiger partial charge on any atom is -0.489 e. The molecule has 0 radical (unpaired) electrons. The van der Waals surface area contributed by atoms with Crippen molar-refractivity contribution in [2.75, 3.05) is 0 Å². The molecule has 3 aromatic rings. The van der Waals surface area contributed by atoms with Crippen LogP contribution in [0.4, 0.5) is 4.39 Å². The smallest absolute Gasteiger partial charge is 0.489 e. The molecule has 3 aromatic carbocycles. The summed E-state index contributed by atoms with van der Waals surface area (Å²) in [6, 6.07) is 22.1. The van der Waals surface area contributed by atoms with Gasteiger partial charge in [0.2, 0.25) is 0 Å². The first-order valence-corrected chi connectivity index (χ1v) is 10.8. The van der Waals surface area contributed by atoms with Crippen LogP contribution in [0.25, 0.3) is 0 Å². The summed E-state index contributed by atoms with van der Waals surface area (Å²) in [6.45, 7) is 8.63. The molecule has 0 aromatic heterocycles. The van der Waals surface area contributed by atoms with Gasteiger partial charge in [-0.2, -0.15) is 0 Å². The van der Waals surface area contributed by atoms with Crippen LogP contribution in [-0.4, -0.2) is 18.3 Å². The summed E-state index contributed by atoms with van der Waals surface area (Å²) in [4.78, 5) is 0. The number of rotatable bonds is 7. The van der Waals surface area contributed by atoms with Gasteiger partial charge < -0.3 is 18.8 Å². The van der Waals surface area contributed by atoms with E-state index in [2.05, 4.69) is 0 Å². The lowest BCUT2D eigenvalue weighted by Gasteiger charge is -2.32. The Morgan fingerprint density at radius 1 is 0.750 bits per heavy atom.